The van der Waals surface area contributed by atoms with Crippen LogP contribution in [0.4, 0.5) is 35.1 Å². The number of carbonyl (C=O) groups excluding carboxylic acids is 1. The summed E-state index contributed by atoms with van der Waals surface area (Å²) in [6, 6.07) is 0.253. The predicted molar refractivity (Wildman–Crippen MR) is 180 cm³/mol. The van der Waals surface area contributed by atoms with Crippen LogP contribution in [0.1, 0.15) is 103 Å². The summed E-state index contributed by atoms with van der Waals surface area (Å²) in [7, 11) is 0. The van der Waals surface area contributed by atoms with E-state index in [9.17, 15) is 45.8 Å². The van der Waals surface area contributed by atoms with Crippen molar-refractivity contribution in [2.45, 2.75) is 96.6 Å². The van der Waals surface area contributed by atoms with Crippen molar-refractivity contribution in [2.24, 2.45) is 5.92 Å². The van der Waals surface area contributed by atoms with Gasteiger partial charge in [0, 0.05) is 29.9 Å². The van der Waals surface area contributed by atoms with Crippen LogP contribution in [0.5, 0.6) is 0 Å². The molecule has 2 fully saturated rings. The molecule has 5 rings (SSSR count). The van der Waals surface area contributed by atoms with Gasteiger partial charge < -0.3 is 19.9 Å². The van der Waals surface area contributed by atoms with E-state index in [0.29, 0.717) is 36.3 Å². The van der Waals surface area contributed by atoms with Gasteiger partial charge in [0.15, 0.2) is 0 Å². The first-order chi connectivity index (χ1) is 24.7. The van der Waals surface area contributed by atoms with Gasteiger partial charge in [0.1, 0.15) is 17.7 Å². The Labute approximate surface area is 301 Å². The molecular weight excluding hydrogens is 714 g/mol. The molecule has 288 valence electrons. The maximum absolute atomic E-state index is 16.7. The van der Waals surface area contributed by atoms with Gasteiger partial charge in [0.25, 0.3) is 5.56 Å². The van der Waals surface area contributed by atoms with Gasteiger partial charge >= 0.3 is 18.3 Å². The number of alkyl halides is 6. The minimum Gasteiger partial charge on any atom is -0.481 e. The first-order valence-electron chi connectivity index (χ1n) is 17.4. The van der Waals surface area contributed by atoms with Gasteiger partial charge in [0.05, 0.1) is 23.6 Å². The standard InChI is InChI=1S/C38H41F8N3O4/c1-19(2)14-29(49-18-23(10-13-48-11-5-12-48)26(16-30(49)50)37(41,42)43)36(53)47-28(17-31(51)52)33-34(39)25(15-27(35(33)40)38(44,45)46)32-20(3)6-9-24(21(32)4)22-7-8-22/h6,9,15-16,18-19,22,28-29H,5,7-8,10-14,17H2,1-4H3,(H,47,53)(H,51,52). The number of nitrogens with one attached hydrogen (secondary N) is 1. The molecule has 2 unspecified atom stereocenters. The number of nitrogens with zero attached hydrogens (tertiary/aromatic N) is 2. The molecule has 0 bridgehead atoms. The summed E-state index contributed by atoms with van der Waals surface area (Å²) in [6.07, 6.45) is -8.44. The minimum absolute atomic E-state index is 0.0683. The van der Waals surface area contributed by atoms with Crippen LogP contribution >= 0.6 is 0 Å². The summed E-state index contributed by atoms with van der Waals surface area (Å²) in [6.45, 7) is 8.02. The second-order valence-electron chi connectivity index (χ2n) is 14.5. The average Bonchev–Trinajstić information content (AvgIpc) is 3.84. The lowest BCUT2D eigenvalue weighted by Crippen LogP contribution is -2.41. The van der Waals surface area contributed by atoms with Crippen LogP contribution in [0.15, 0.2) is 35.3 Å². The highest BCUT2D eigenvalue weighted by atomic mass is 19.4. The lowest BCUT2D eigenvalue weighted by molar-refractivity contribution is -0.140. The summed E-state index contributed by atoms with van der Waals surface area (Å²) in [5.41, 5.74) is -4.87. The Kier molecular flexibility index (Phi) is 11.5. The van der Waals surface area contributed by atoms with Gasteiger partial charge in [-0.3, -0.25) is 14.4 Å². The van der Waals surface area contributed by atoms with E-state index in [-0.39, 0.29) is 36.4 Å². The predicted octanol–water partition coefficient (Wildman–Crippen LogP) is 8.49. The first kappa shape index (κ1) is 39.9. The van der Waals surface area contributed by atoms with Gasteiger partial charge in [-0.05, 0) is 105 Å². The summed E-state index contributed by atoms with van der Waals surface area (Å²) in [4.78, 5) is 41.3. The molecule has 53 heavy (non-hydrogen) atoms. The number of carboxylic acids is 1. The molecule has 2 heterocycles. The second kappa shape index (κ2) is 15.2. The van der Waals surface area contributed by atoms with E-state index < -0.39 is 88.1 Å². The lowest BCUT2D eigenvalue weighted by Gasteiger charge is -2.31. The number of aromatic nitrogens is 1. The van der Waals surface area contributed by atoms with E-state index in [1.54, 1.807) is 39.8 Å². The Balaban J connectivity index is 1.64. The molecule has 7 nitrogen and oxygen atoms in total. The number of aliphatic carboxylic acids is 1. The minimum atomic E-state index is -5.37. The topological polar surface area (TPSA) is 91.6 Å². The molecule has 2 aliphatic rings. The van der Waals surface area contributed by atoms with E-state index in [2.05, 4.69) is 5.32 Å². The number of halogens is 8. The monoisotopic (exact) mass is 755 g/mol. The third-order valence-electron chi connectivity index (χ3n) is 10.0. The molecule has 1 aliphatic carbocycles. The molecule has 2 atom stereocenters. The number of aryl methyl sites for hydroxylation is 1. The number of likely N-dealkylation sites (tertiary alicyclic amines) is 1. The van der Waals surface area contributed by atoms with Crippen LogP contribution in [0, 0.1) is 31.4 Å². The fraction of sp³-hybridized carbons (Fsp3) is 0.500. The highest BCUT2D eigenvalue weighted by Gasteiger charge is 2.41. The van der Waals surface area contributed by atoms with Crippen molar-refractivity contribution in [3.63, 3.8) is 0 Å². The third kappa shape index (κ3) is 8.76. The van der Waals surface area contributed by atoms with Crippen molar-refractivity contribution in [2.75, 3.05) is 19.6 Å². The van der Waals surface area contributed by atoms with Gasteiger partial charge in [-0.15, -0.1) is 0 Å². The highest BCUT2D eigenvalue weighted by molar-refractivity contribution is 5.82. The van der Waals surface area contributed by atoms with Crippen molar-refractivity contribution in [1.82, 2.24) is 14.8 Å². The molecule has 1 aliphatic heterocycles. The number of rotatable bonds is 13. The van der Waals surface area contributed by atoms with E-state index in [0.717, 1.165) is 35.6 Å². The van der Waals surface area contributed by atoms with Crippen molar-refractivity contribution < 1.29 is 49.8 Å². The number of pyridine rings is 1. The van der Waals surface area contributed by atoms with Gasteiger partial charge in [-0.1, -0.05) is 26.0 Å². The maximum Gasteiger partial charge on any atom is 0.419 e. The zero-order chi connectivity index (χ0) is 39.2. The van der Waals surface area contributed by atoms with Crippen LogP contribution in [0.3, 0.4) is 0 Å². The average molecular weight is 756 g/mol. The molecule has 1 amide bonds. The molecule has 1 aromatic heterocycles. The third-order valence-corrected chi connectivity index (χ3v) is 10.0. The number of hydrogen-bond acceptors (Lipinski definition) is 4. The normalized spacial score (nSPS) is 16.4. The Bertz CT molecular complexity index is 1950. The van der Waals surface area contributed by atoms with E-state index in [1.165, 1.54) is 0 Å². The largest absolute Gasteiger partial charge is 0.481 e. The Morgan fingerprint density at radius 3 is 2.13 bits per heavy atom. The fourth-order valence-electron chi connectivity index (χ4n) is 7.11. The summed E-state index contributed by atoms with van der Waals surface area (Å²) in [5, 5.41) is 12.0. The number of benzene rings is 2. The van der Waals surface area contributed by atoms with Gasteiger partial charge in [-0.25, -0.2) is 8.78 Å². The fourth-order valence-corrected chi connectivity index (χ4v) is 7.11. The summed E-state index contributed by atoms with van der Waals surface area (Å²) >= 11 is 0. The van der Waals surface area contributed by atoms with Crippen molar-refractivity contribution in [1.29, 1.82) is 0 Å². The molecule has 2 aromatic carbocycles. The maximum atomic E-state index is 16.7. The Morgan fingerprint density at radius 1 is 0.962 bits per heavy atom. The van der Waals surface area contributed by atoms with Crippen LogP contribution in [0.2, 0.25) is 0 Å². The van der Waals surface area contributed by atoms with Crippen molar-refractivity contribution >= 4 is 11.9 Å². The van der Waals surface area contributed by atoms with E-state index in [4.69, 9.17) is 0 Å². The van der Waals surface area contributed by atoms with E-state index >= 15 is 8.78 Å². The number of carboxylic acid groups (broad SMARTS) is 1. The van der Waals surface area contributed by atoms with Gasteiger partial charge in [0.2, 0.25) is 5.91 Å². The van der Waals surface area contributed by atoms with Crippen LogP contribution in [-0.4, -0.2) is 46.1 Å². The molecule has 15 heteroatoms. The summed E-state index contributed by atoms with van der Waals surface area (Å²) < 4.78 is 119. The molecule has 0 spiro atoms. The molecule has 0 radical (unpaired) electrons. The second-order valence-corrected chi connectivity index (χ2v) is 14.5. The molecule has 1 saturated carbocycles. The molecule has 2 N–H and O–H groups in total. The molecular formula is C38H41F8N3O4. The van der Waals surface area contributed by atoms with Crippen LogP contribution < -0.4 is 10.9 Å². The van der Waals surface area contributed by atoms with Crippen LogP contribution in [0.25, 0.3) is 11.1 Å². The first-order valence-corrected chi connectivity index (χ1v) is 17.4. The number of hydrogen-bond donors (Lipinski definition) is 2. The summed E-state index contributed by atoms with van der Waals surface area (Å²) in [5.74, 6) is -6.87. The molecule has 1 saturated heterocycles. The quantitative estimate of drug-likeness (QED) is 0.171. The Morgan fingerprint density at radius 2 is 1.60 bits per heavy atom. The lowest BCUT2D eigenvalue weighted by atomic mass is 9.86. The number of amides is 1. The Hall–Kier alpha value is -4.27. The smallest absolute Gasteiger partial charge is 0.419 e. The van der Waals surface area contributed by atoms with E-state index in [1.807, 2.05) is 4.90 Å². The number of carbonyl (C=O) groups is 2. The highest BCUT2D eigenvalue weighted by Crippen LogP contribution is 2.47. The molecule has 3 aromatic rings. The van der Waals surface area contributed by atoms with Gasteiger partial charge in [-0.2, -0.15) is 26.3 Å². The van der Waals surface area contributed by atoms with Crippen molar-refractivity contribution in [3.8, 4) is 11.1 Å². The van der Waals surface area contributed by atoms with Crippen LogP contribution in [-0.2, 0) is 28.4 Å². The SMILES string of the molecule is Cc1ccc(C2CC2)c(C)c1-c1cc(C(F)(F)F)c(F)c(C(CC(=O)O)NC(=O)C(CC(C)C)n2cc(CCN3CCC3)c(C(F)(F)F)cc2=O)c1F. The zero-order valence-electron chi connectivity index (χ0n) is 29.7. The zero-order valence-corrected chi connectivity index (χ0v) is 29.7. The van der Waals surface area contributed by atoms with Crippen molar-refractivity contribution in [3.05, 3.63) is 91.4 Å².